The van der Waals surface area contributed by atoms with Gasteiger partial charge in [-0.05, 0) is 44.9 Å². The maximum atomic E-state index is 12.8. The van der Waals surface area contributed by atoms with Gasteiger partial charge in [0.05, 0.1) is 13.2 Å². The summed E-state index contributed by atoms with van der Waals surface area (Å²) in [5.41, 5.74) is 0. The second-order valence-corrected chi connectivity index (χ2v) is 16.9. The molecular weight excluding hydrogens is 763 g/mol. The van der Waals surface area contributed by atoms with Crippen LogP contribution in [0.15, 0.2) is 48.6 Å². The number of hydrogen-bond donors (Lipinski definition) is 6. The molecule has 1 aliphatic rings. The molecule has 0 aromatic carbocycles. The van der Waals surface area contributed by atoms with E-state index in [9.17, 15) is 39.8 Å². The normalized spacial score (nSPS) is 23.1. The van der Waals surface area contributed by atoms with Crippen LogP contribution in [0, 0.1) is 0 Å². The van der Waals surface area contributed by atoms with Crippen LogP contribution in [0.5, 0.6) is 0 Å². The van der Waals surface area contributed by atoms with Gasteiger partial charge < -0.3 is 39.9 Å². The Morgan fingerprint density at radius 1 is 0.569 bits per heavy atom. The molecule has 0 saturated heterocycles. The number of hydrogen-bond acceptors (Lipinski definition) is 11. The fourth-order valence-electron chi connectivity index (χ4n) is 6.65. The van der Waals surface area contributed by atoms with Crippen LogP contribution in [0.25, 0.3) is 0 Å². The molecule has 6 atom stereocenters. The fourth-order valence-corrected chi connectivity index (χ4v) is 7.63. The van der Waals surface area contributed by atoms with Crippen molar-refractivity contribution in [3.8, 4) is 0 Å². The predicted octanol–water partition coefficient (Wildman–Crippen LogP) is 8.86. The second-order valence-electron chi connectivity index (χ2n) is 15.5. The van der Waals surface area contributed by atoms with Crippen LogP contribution in [0.3, 0.4) is 0 Å². The van der Waals surface area contributed by atoms with Gasteiger partial charge in [-0.25, -0.2) is 4.57 Å². The van der Waals surface area contributed by atoms with Crippen LogP contribution in [0.2, 0.25) is 0 Å². The molecule has 12 nitrogen and oxygen atoms in total. The molecule has 1 aliphatic carbocycles. The van der Waals surface area contributed by atoms with E-state index < -0.39 is 63.1 Å². The number of ether oxygens (including phenoxy) is 2. The van der Waals surface area contributed by atoms with Gasteiger partial charge in [-0.3, -0.25) is 13.8 Å². The van der Waals surface area contributed by atoms with Crippen molar-refractivity contribution in [2.75, 3.05) is 19.8 Å². The maximum Gasteiger partial charge on any atom is 0.472 e. The Kier molecular flexibility index (Phi) is 33.7. The topological polar surface area (TPSA) is 192 Å². The third kappa shape index (κ3) is 27.9. The first-order chi connectivity index (χ1) is 28.0. The van der Waals surface area contributed by atoms with Gasteiger partial charge in [0.15, 0.2) is 0 Å². The first kappa shape index (κ1) is 54.3. The summed E-state index contributed by atoms with van der Waals surface area (Å²) in [5, 5.41) is 50.1. The van der Waals surface area contributed by atoms with Crippen LogP contribution in [0.1, 0.15) is 168 Å². The minimum absolute atomic E-state index is 0.114. The number of carbonyl (C=O) groups is 1. The van der Waals surface area contributed by atoms with Gasteiger partial charge in [-0.1, -0.05) is 165 Å². The highest BCUT2D eigenvalue weighted by Crippen LogP contribution is 2.47. The zero-order valence-corrected chi connectivity index (χ0v) is 36.7. The van der Waals surface area contributed by atoms with Gasteiger partial charge in [0.2, 0.25) is 0 Å². The molecule has 1 rings (SSSR count). The Hall–Kier alpha value is -1.70. The summed E-state index contributed by atoms with van der Waals surface area (Å²) in [6.45, 7) is 4.01. The third-order valence-corrected chi connectivity index (χ3v) is 11.2. The standard InChI is InChI=1S/C45H81O12P/c1-3-5-7-9-11-13-15-17-19-20-21-22-24-26-28-30-32-34-39(46)56-38(36-54-35-33-31-29-27-25-23-18-16-14-12-10-8-6-4-2)37-55-58(52,53)57-45-43(50)41(48)40(47)42(49)44(45)51/h6,8,12,14,18,23,27,29,38,40-45,47-51H,3-5,7,9-11,13,15-17,19-22,24-26,28,30-37H2,1-2H3,(H,52,53)/b8-6-,14-12-,23-18-,29-27-. The number of aliphatic hydroxyl groups is 5. The highest BCUT2D eigenvalue weighted by molar-refractivity contribution is 7.47. The first-order valence-corrected chi connectivity index (χ1v) is 24.0. The molecule has 338 valence electrons. The number of phosphoric acid groups is 1. The van der Waals surface area contributed by atoms with Gasteiger partial charge in [-0.15, -0.1) is 0 Å². The highest BCUT2D eigenvalue weighted by atomic mass is 31.2. The summed E-state index contributed by atoms with van der Waals surface area (Å²) in [7, 11) is -5.03. The van der Waals surface area contributed by atoms with Gasteiger partial charge in [-0.2, -0.15) is 0 Å². The van der Waals surface area contributed by atoms with Gasteiger partial charge in [0.1, 0.15) is 42.7 Å². The van der Waals surface area contributed by atoms with Crippen molar-refractivity contribution < 1.29 is 58.3 Å². The van der Waals surface area contributed by atoms with Crippen molar-refractivity contribution >= 4 is 13.8 Å². The number of esters is 1. The van der Waals surface area contributed by atoms with E-state index in [1.807, 2.05) is 0 Å². The number of rotatable bonds is 37. The third-order valence-electron chi connectivity index (χ3n) is 10.2. The lowest BCUT2D eigenvalue weighted by Crippen LogP contribution is -2.64. The average Bonchev–Trinajstić information content (AvgIpc) is 3.21. The maximum absolute atomic E-state index is 12.8. The van der Waals surface area contributed by atoms with Crippen molar-refractivity contribution in [2.45, 2.75) is 211 Å². The largest absolute Gasteiger partial charge is 0.472 e. The molecule has 0 aromatic heterocycles. The molecule has 0 heterocycles. The minimum Gasteiger partial charge on any atom is -0.457 e. The van der Waals surface area contributed by atoms with E-state index in [0.717, 1.165) is 51.4 Å². The summed E-state index contributed by atoms with van der Waals surface area (Å²) in [6.07, 6.45) is 30.5. The van der Waals surface area contributed by atoms with Crippen molar-refractivity contribution in [2.24, 2.45) is 0 Å². The van der Waals surface area contributed by atoms with E-state index in [-0.39, 0.29) is 13.0 Å². The van der Waals surface area contributed by atoms with Gasteiger partial charge in [0.25, 0.3) is 0 Å². The van der Waals surface area contributed by atoms with Crippen LogP contribution in [-0.2, 0) is 27.9 Å². The fraction of sp³-hybridized carbons (Fsp3) is 0.800. The van der Waals surface area contributed by atoms with Gasteiger partial charge in [0, 0.05) is 13.0 Å². The molecule has 0 aromatic rings. The van der Waals surface area contributed by atoms with Crippen molar-refractivity contribution in [1.29, 1.82) is 0 Å². The molecule has 0 bridgehead atoms. The minimum atomic E-state index is -5.03. The van der Waals surface area contributed by atoms with E-state index in [4.69, 9.17) is 18.5 Å². The van der Waals surface area contributed by atoms with Crippen molar-refractivity contribution in [3.63, 3.8) is 0 Å². The molecule has 1 saturated carbocycles. The number of phosphoric ester groups is 1. The highest BCUT2D eigenvalue weighted by Gasteiger charge is 2.51. The predicted molar refractivity (Wildman–Crippen MR) is 230 cm³/mol. The Labute approximate surface area is 350 Å². The van der Waals surface area contributed by atoms with E-state index in [1.165, 1.54) is 83.5 Å². The van der Waals surface area contributed by atoms with E-state index >= 15 is 0 Å². The molecule has 58 heavy (non-hydrogen) atoms. The Bertz CT molecular complexity index is 1140. The smallest absolute Gasteiger partial charge is 0.457 e. The number of carbonyl (C=O) groups excluding carboxylic acids is 1. The molecule has 0 radical (unpaired) electrons. The average molecular weight is 845 g/mol. The summed E-state index contributed by atoms with van der Waals surface area (Å²) in [4.78, 5) is 23.1. The molecule has 13 heteroatoms. The van der Waals surface area contributed by atoms with Crippen LogP contribution in [-0.4, -0.2) is 98.9 Å². The van der Waals surface area contributed by atoms with Crippen LogP contribution >= 0.6 is 7.82 Å². The molecule has 0 spiro atoms. The zero-order chi connectivity index (χ0) is 42.7. The molecule has 6 N–H and O–H groups in total. The Morgan fingerprint density at radius 2 is 1.00 bits per heavy atom. The quantitative estimate of drug-likeness (QED) is 0.0151. The lowest BCUT2D eigenvalue weighted by atomic mass is 9.85. The molecule has 1 fully saturated rings. The summed E-state index contributed by atoms with van der Waals surface area (Å²) < 4.78 is 34.1. The summed E-state index contributed by atoms with van der Waals surface area (Å²) in [6, 6.07) is 0. The number of unbranched alkanes of at least 4 members (excludes halogenated alkanes) is 17. The van der Waals surface area contributed by atoms with Crippen molar-refractivity contribution in [1.82, 2.24) is 0 Å². The Morgan fingerprint density at radius 3 is 1.48 bits per heavy atom. The number of allylic oxidation sites excluding steroid dienone is 8. The monoisotopic (exact) mass is 845 g/mol. The van der Waals surface area contributed by atoms with Gasteiger partial charge >= 0.3 is 13.8 Å². The summed E-state index contributed by atoms with van der Waals surface area (Å²) >= 11 is 0. The molecule has 6 unspecified atom stereocenters. The van der Waals surface area contributed by atoms with E-state index in [2.05, 4.69) is 62.5 Å². The van der Waals surface area contributed by atoms with E-state index in [0.29, 0.717) is 19.4 Å². The summed E-state index contributed by atoms with van der Waals surface area (Å²) in [5.74, 6) is -0.495. The Balaban J connectivity index is 2.43. The molecular formula is C45H81O12P. The molecule has 0 aliphatic heterocycles. The number of aliphatic hydroxyl groups excluding tert-OH is 5. The second kappa shape index (κ2) is 36.0. The lowest BCUT2D eigenvalue weighted by molar-refractivity contribution is -0.220. The van der Waals surface area contributed by atoms with Crippen molar-refractivity contribution in [3.05, 3.63) is 48.6 Å². The lowest BCUT2D eigenvalue weighted by Gasteiger charge is -2.41. The zero-order valence-electron chi connectivity index (χ0n) is 35.8. The SMILES string of the molecule is CC/C=C\C/C=C\C/C=C\C/C=C\CCCOCC(COP(=O)(O)OC1C(O)C(O)C(O)C(O)C1O)OC(=O)CCCCCCCCCCCCCCCCCCC. The molecule has 0 amide bonds. The van der Waals surface area contributed by atoms with E-state index in [1.54, 1.807) is 0 Å². The van der Waals surface area contributed by atoms with Crippen LogP contribution in [0.4, 0.5) is 0 Å². The first-order valence-electron chi connectivity index (χ1n) is 22.5. The van der Waals surface area contributed by atoms with Crippen LogP contribution < -0.4 is 0 Å².